The lowest BCUT2D eigenvalue weighted by atomic mass is 10.1. The predicted molar refractivity (Wildman–Crippen MR) is 89.5 cm³/mol. The molecule has 0 radical (unpaired) electrons. The number of aromatic nitrogens is 4. The van der Waals surface area contributed by atoms with Crippen LogP contribution in [0.1, 0.15) is 10.5 Å². The van der Waals surface area contributed by atoms with Gasteiger partial charge in [0.25, 0.3) is 11.5 Å². The summed E-state index contributed by atoms with van der Waals surface area (Å²) in [7, 11) is 1.73. The van der Waals surface area contributed by atoms with Gasteiger partial charge in [0.05, 0.1) is 12.0 Å². The van der Waals surface area contributed by atoms with Gasteiger partial charge in [-0.3, -0.25) is 18.8 Å². The molecule has 7 nitrogen and oxygen atoms in total. The fraction of sp³-hybridized carbons (Fsp3) is 0.176. The molecule has 0 fully saturated rings. The molecule has 2 heterocycles. The molecule has 122 valence electrons. The lowest BCUT2D eigenvalue weighted by molar-refractivity contribution is 0.0942. The van der Waals surface area contributed by atoms with Crippen LogP contribution in [0.2, 0.25) is 0 Å². The monoisotopic (exact) mass is 323 g/mol. The summed E-state index contributed by atoms with van der Waals surface area (Å²) < 4.78 is 2.99. The lowest BCUT2D eigenvalue weighted by Gasteiger charge is -2.06. The highest BCUT2D eigenvalue weighted by molar-refractivity contribution is 5.93. The van der Waals surface area contributed by atoms with Gasteiger partial charge in [0, 0.05) is 38.0 Å². The molecule has 0 aliphatic rings. The molecule has 3 aromatic rings. The number of nitrogens with one attached hydrogen (secondary N) is 1. The Morgan fingerprint density at radius 2 is 2.00 bits per heavy atom. The van der Waals surface area contributed by atoms with Gasteiger partial charge in [-0.1, -0.05) is 30.3 Å². The Morgan fingerprint density at radius 3 is 2.75 bits per heavy atom. The summed E-state index contributed by atoms with van der Waals surface area (Å²) in [6, 6.07) is 12.8. The maximum Gasteiger partial charge on any atom is 0.269 e. The number of rotatable bonds is 5. The maximum atomic E-state index is 12.3. The van der Waals surface area contributed by atoms with Crippen molar-refractivity contribution in [1.29, 1.82) is 0 Å². The Hall–Kier alpha value is -3.22. The third kappa shape index (κ3) is 3.40. The highest BCUT2D eigenvalue weighted by Gasteiger charge is 2.13. The van der Waals surface area contributed by atoms with Gasteiger partial charge >= 0.3 is 0 Å². The van der Waals surface area contributed by atoms with Gasteiger partial charge in [-0.15, -0.1) is 0 Å². The summed E-state index contributed by atoms with van der Waals surface area (Å²) in [6.45, 7) is 0.693. The lowest BCUT2D eigenvalue weighted by Crippen LogP contribution is -2.31. The summed E-state index contributed by atoms with van der Waals surface area (Å²) in [4.78, 5) is 27.8. The van der Waals surface area contributed by atoms with Gasteiger partial charge in [-0.25, -0.2) is 4.98 Å². The topological polar surface area (TPSA) is 81.8 Å². The van der Waals surface area contributed by atoms with Crippen molar-refractivity contribution in [2.75, 3.05) is 6.54 Å². The highest BCUT2D eigenvalue weighted by Crippen LogP contribution is 2.18. The third-order valence-corrected chi connectivity index (χ3v) is 3.61. The number of hydrogen-bond acceptors (Lipinski definition) is 4. The molecule has 0 unspecified atom stereocenters. The minimum absolute atomic E-state index is 0.147. The van der Waals surface area contributed by atoms with E-state index in [4.69, 9.17) is 0 Å². The van der Waals surface area contributed by atoms with Gasteiger partial charge in [-0.05, 0) is 6.07 Å². The zero-order valence-corrected chi connectivity index (χ0v) is 13.2. The second kappa shape index (κ2) is 6.91. The summed E-state index contributed by atoms with van der Waals surface area (Å²) in [6.07, 6.45) is 2.89. The van der Waals surface area contributed by atoms with Crippen LogP contribution < -0.4 is 10.9 Å². The van der Waals surface area contributed by atoms with Crippen LogP contribution >= 0.6 is 0 Å². The van der Waals surface area contributed by atoms with Gasteiger partial charge in [0.1, 0.15) is 5.69 Å². The normalized spacial score (nSPS) is 10.5. The smallest absolute Gasteiger partial charge is 0.269 e. The van der Waals surface area contributed by atoms with Crippen molar-refractivity contribution in [3.05, 3.63) is 71.0 Å². The van der Waals surface area contributed by atoms with E-state index in [1.165, 1.54) is 23.2 Å². The summed E-state index contributed by atoms with van der Waals surface area (Å²) >= 11 is 0. The molecular formula is C17H17N5O2. The number of carbonyl (C=O) groups is 1. The Morgan fingerprint density at radius 1 is 1.21 bits per heavy atom. The van der Waals surface area contributed by atoms with Crippen molar-refractivity contribution in [1.82, 2.24) is 24.6 Å². The third-order valence-electron chi connectivity index (χ3n) is 3.61. The van der Waals surface area contributed by atoms with Crippen LogP contribution in [0.25, 0.3) is 11.3 Å². The number of carbonyl (C=O) groups excluding carboxylic acids is 1. The van der Waals surface area contributed by atoms with E-state index in [0.717, 1.165) is 11.3 Å². The Bertz CT molecular complexity index is 899. The number of nitrogens with zero attached hydrogens (tertiary/aromatic N) is 4. The van der Waals surface area contributed by atoms with Crippen molar-refractivity contribution in [3.63, 3.8) is 0 Å². The molecule has 0 saturated carbocycles. The molecule has 2 aromatic heterocycles. The molecule has 0 aliphatic heterocycles. The van der Waals surface area contributed by atoms with Crippen LogP contribution in [0.4, 0.5) is 0 Å². The van der Waals surface area contributed by atoms with Crippen LogP contribution in [0, 0.1) is 0 Å². The molecule has 1 amide bonds. The Labute approximate surface area is 138 Å². The molecule has 1 aromatic carbocycles. The van der Waals surface area contributed by atoms with Crippen molar-refractivity contribution in [2.24, 2.45) is 7.05 Å². The maximum absolute atomic E-state index is 12.3. The van der Waals surface area contributed by atoms with E-state index in [1.54, 1.807) is 17.8 Å². The molecule has 0 atom stereocenters. The van der Waals surface area contributed by atoms with Crippen LogP contribution in [-0.2, 0) is 13.6 Å². The molecule has 1 N–H and O–H groups in total. The fourth-order valence-corrected chi connectivity index (χ4v) is 2.36. The average Bonchev–Trinajstić information content (AvgIpc) is 2.99. The quantitative estimate of drug-likeness (QED) is 0.761. The first-order valence-electron chi connectivity index (χ1n) is 7.53. The Kier molecular flexibility index (Phi) is 4.51. The zero-order chi connectivity index (χ0) is 16.9. The largest absolute Gasteiger partial charge is 0.349 e. The molecule has 0 saturated heterocycles. The molecule has 0 bridgehead atoms. The minimum atomic E-state index is -0.232. The van der Waals surface area contributed by atoms with Gasteiger partial charge < -0.3 is 5.32 Å². The Balaban J connectivity index is 1.66. The predicted octanol–water partition coefficient (Wildman–Crippen LogP) is 1.07. The van der Waals surface area contributed by atoms with E-state index in [1.807, 2.05) is 30.3 Å². The second-order valence-electron chi connectivity index (χ2n) is 5.27. The second-order valence-corrected chi connectivity index (χ2v) is 5.27. The molecule has 0 spiro atoms. The van der Waals surface area contributed by atoms with E-state index in [-0.39, 0.29) is 11.5 Å². The fourth-order valence-electron chi connectivity index (χ4n) is 2.36. The first-order chi connectivity index (χ1) is 11.6. The summed E-state index contributed by atoms with van der Waals surface area (Å²) in [5.41, 5.74) is 2.01. The van der Waals surface area contributed by atoms with Crippen LogP contribution in [0.3, 0.4) is 0 Å². The van der Waals surface area contributed by atoms with E-state index >= 15 is 0 Å². The first-order valence-corrected chi connectivity index (χ1v) is 7.53. The average molecular weight is 323 g/mol. The number of benzene rings is 1. The molecule has 0 aliphatic carbocycles. The molecule has 7 heteroatoms. The molecule has 24 heavy (non-hydrogen) atoms. The number of amides is 1. The van der Waals surface area contributed by atoms with E-state index in [0.29, 0.717) is 18.8 Å². The van der Waals surface area contributed by atoms with Gasteiger partial charge in [0.2, 0.25) is 0 Å². The van der Waals surface area contributed by atoms with Crippen LogP contribution in [0.5, 0.6) is 0 Å². The van der Waals surface area contributed by atoms with E-state index in [2.05, 4.69) is 15.4 Å². The SMILES string of the molecule is Cn1nc(-c2ccccc2)cc1C(=O)NCCn1cnccc1=O. The number of hydrogen-bond donors (Lipinski definition) is 1. The van der Waals surface area contributed by atoms with Gasteiger partial charge in [0.15, 0.2) is 0 Å². The van der Waals surface area contributed by atoms with Crippen molar-refractivity contribution in [2.45, 2.75) is 6.54 Å². The van der Waals surface area contributed by atoms with Crippen molar-refractivity contribution >= 4 is 5.91 Å². The number of aryl methyl sites for hydroxylation is 1. The van der Waals surface area contributed by atoms with E-state index < -0.39 is 0 Å². The van der Waals surface area contributed by atoms with Crippen LogP contribution in [-0.4, -0.2) is 31.8 Å². The van der Waals surface area contributed by atoms with Crippen LogP contribution in [0.15, 0.2) is 59.8 Å². The van der Waals surface area contributed by atoms with Crippen molar-refractivity contribution < 1.29 is 4.79 Å². The van der Waals surface area contributed by atoms with E-state index in [9.17, 15) is 9.59 Å². The first kappa shape index (κ1) is 15.7. The highest BCUT2D eigenvalue weighted by atomic mass is 16.2. The van der Waals surface area contributed by atoms with Crippen molar-refractivity contribution in [3.8, 4) is 11.3 Å². The summed E-state index contributed by atoms with van der Waals surface area (Å²) in [5.74, 6) is -0.232. The summed E-state index contributed by atoms with van der Waals surface area (Å²) in [5, 5.41) is 7.17. The minimum Gasteiger partial charge on any atom is -0.349 e. The molecular weight excluding hydrogens is 306 g/mol. The molecule has 3 rings (SSSR count). The standard InChI is InChI=1S/C17H17N5O2/c1-21-15(11-14(20-21)13-5-3-2-4-6-13)17(24)19-9-10-22-12-18-8-7-16(22)23/h2-8,11-12H,9-10H2,1H3,(H,19,24). The zero-order valence-electron chi connectivity index (χ0n) is 13.2. The van der Waals surface area contributed by atoms with Gasteiger partial charge in [-0.2, -0.15) is 5.10 Å².